The largest absolute Gasteiger partial charge is 0.481 e. The van der Waals surface area contributed by atoms with Crippen LogP contribution in [-0.4, -0.2) is 23.5 Å². The van der Waals surface area contributed by atoms with Crippen LogP contribution in [0.3, 0.4) is 0 Å². The van der Waals surface area contributed by atoms with Crippen molar-refractivity contribution in [3.05, 3.63) is 20.8 Å². The highest BCUT2D eigenvalue weighted by Crippen LogP contribution is 2.19. The smallest absolute Gasteiger partial charge is 0.308 e. The van der Waals surface area contributed by atoms with Gasteiger partial charge in [0.25, 0.3) is 5.91 Å². The number of carbonyl (C=O) groups excluding carboxylic acids is 1. The zero-order valence-electron chi connectivity index (χ0n) is 9.40. The van der Waals surface area contributed by atoms with Crippen LogP contribution in [0.5, 0.6) is 0 Å². The van der Waals surface area contributed by atoms with Gasteiger partial charge in [-0.05, 0) is 28.4 Å². The third kappa shape index (κ3) is 4.47. The summed E-state index contributed by atoms with van der Waals surface area (Å²) in [4.78, 5) is 23.1. The highest BCUT2D eigenvalue weighted by Gasteiger charge is 2.18. The molecule has 0 radical (unpaired) electrons. The first-order valence-electron chi connectivity index (χ1n) is 5.29. The molecule has 0 fully saturated rings. The molecule has 0 bridgehead atoms. The number of aliphatic carboxylic acids is 1. The number of rotatable bonds is 6. The average Bonchev–Trinajstić information content (AvgIpc) is 2.70. The van der Waals surface area contributed by atoms with Crippen molar-refractivity contribution in [3.8, 4) is 0 Å². The van der Waals surface area contributed by atoms with E-state index in [0.29, 0.717) is 11.3 Å². The molecule has 1 heterocycles. The number of carbonyl (C=O) groups is 2. The lowest BCUT2D eigenvalue weighted by atomic mass is 10.0. The van der Waals surface area contributed by atoms with Crippen molar-refractivity contribution < 1.29 is 14.7 Å². The van der Waals surface area contributed by atoms with Crippen LogP contribution in [0.15, 0.2) is 15.9 Å². The van der Waals surface area contributed by atoms with Gasteiger partial charge in [0.1, 0.15) is 0 Å². The maximum Gasteiger partial charge on any atom is 0.308 e. The summed E-state index contributed by atoms with van der Waals surface area (Å²) in [6, 6.07) is 1.72. The minimum absolute atomic E-state index is 0.178. The summed E-state index contributed by atoms with van der Waals surface area (Å²) in [5.41, 5.74) is 0. The second-order valence-corrected chi connectivity index (χ2v) is 5.49. The number of halogens is 1. The van der Waals surface area contributed by atoms with Crippen molar-refractivity contribution in [2.45, 2.75) is 19.8 Å². The van der Waals surface area contributed by atoms with Crippen LogP contribution in [0.25, 0.3) is 0 Å². The van der Waals surface area contributed by atoms with Gasteiger partial charge in [-0.15, -0.1) is 11.3 Å². The molecule has 0 aliphatic rings. The van der Waals surface area contributed by atoms with Gasteiger partial charge < -0.3 is 10.4 Å². The number of hydrogen-bond donors (Lipinski definition) is 2. The van der Waals surface area contributed by atoms with Gasteiger partial charge in [0, 0.05) is 16.4 Å². The van der Waals surface area contributed by atoms with E-state index in [1.54, 1.807) is 6.07 Å². The number of carboxylic acids is 1. The monoisotopic (exact) mass is 319 g/mol. The molecule has 1 amide bonds. The van der Waals surface area contributed by atoms with Crippen LogP contribution in [0.4, 0.5) is 0 Å². The molecule has 0 aliphatic carbocycles. The molecule has 17 heavy (non-hydrogen) atoms. The Labute approximate surface area is 112 Å². The zero-order valence-corrected chi connectivity index (χ0v) is 11.8. The molecule has 1 rings (SSSR count). The van der Waals surface area contributed by atoms with Crippen LogP contribution in [0.1, 0.15) is 29.4 Å². The molecule has 0 spiro atoms. The molecule has 0 saturated carbocycles. The third-order valence-electron chi connectivity index (χ3n) is 2.29. The molecule has 94 valence electrons. The standard InChI is InChI=1S/C11H14BrNO3S/c1-2-3-7(11(15)16)5-13-10(14)9-4-8(12)6-17-9/h4,6-7H,2-3,5H2,1H3,(H,13,14)(H,15,16). The van der Waals surface area contributed by atoms with Crippen LogP contribution >= 0.6 is 27.3 Å². The van der Waals surface area contributed by atoms with Crippen LogP contribution in [0.2, 0.25) is 0 Å². The topological polar surface area (TPSA) is 66.4 Å². The van der Waals surface area contributed by atoms with Crippen molar-refractivity contribution in [2.24, 2.45) is 5.92 Å². The minimum atomic E-state index is -0.862. The fourth-order valence-electron chi connectivity index (χ4n) is 1.40. The highest BCUT2D eigenvalue weighted by molar-refractivity contribution is 9.10. The fraction of sp³-hybridized carbons (Fsp3) is 0.455. The van der Waals surface area contributed by atoms with Gasteiger partial charge in [-0.1, -0.05) is 13.3 Å². The normalized spacial score (nSPS) is 12.1. The van der Waals surface area contributed by atoms with Crippen LogP contribution < -0.4 is 5.32 Å². The number of hydrogen-bond acceptors (Lipinski definition) is 3. The maximum atomic E-state index is 11.7. The van der Waals surface area contributed by atoms with Crippen LogP contribution in [0, 0.1) is 5.92 Å². The van der Waals surface area contributed by atoms with Gasteiger partial charge in [-0.25, -0.2) is 0 Å². The van der Waals surface area contributed by atoms with Gasteiger partial charge >= 0.3 is 5.97 Å². The Bertz CT molecular complexity index is 405. The van der Waals surface area contributed by atoms with E-state index in [2.05, 4.69) is 21.2 Å². The predicted octanol–water partition coefficient (Wildman–Crippen LogP) is 2.74. The highest BCUT2D eigenvalue weighted by atomic mass is 79.9. The lowest BCUT2D eigenvalue weighted by Crippen LogP contribution is -2.32. The van der Waals surface area contributed by atoms with Crippen LogP contribution in [-0.2, 0) is 4.79 Å². The van der Waals surface area contributed by atoms with Crippen molar-refractivity contribution >= 4 is 39.1 Å². The lowest BCUT2D eigenvalue weighted by Gasteiger charge is -2.11. The second-order valence-electron chi connectivity index (χ2n) is 3.66. The Morgan fingerprint density at radius 2 is 2.29 bits per heavy atom. The third-order valence-corrected chi connectivity index (χ3v) is 3.98. The van der Waals surface area contributed by atoms with E-state index in [-0.39, 0.29) is 12.5 Å². The van der Waals surface area contributed by atoms with Crippen molar-refractivity contribution in [2.75, 3.05) is 6.54 Å². The molecule has 0 aliphatic heterocycles. The summed E-state index contributed by atoms with van der Waals surface area (Å²) in [6.07, 6.45) is 1.36. The van der Waals surface area contributed by atoms with Crippen molar-refractivity contribution in [3.63, 3.8) is 0 Å². The summed E-state index contributed by atoms with van der Waals surface area (Å²) in [5, 5.41) is 13.4. The van der Waals surface area contributed by atoms with Crippen molar-refractivity contribution in [1.82, 2.24) is 5.32 Å². The molecule has 1 unspecified atom stereocenters. The molecule has 2 N–H and O–H groups in total. The Hall–Kier alpha value is -0.880. The average molecular weight is 320 g/mol. The quantitative estimate of drug-likeness (QED) is 0.847. The van der Waals surface area contributed by atoms with Gasteiger partial charge in [-0.2, -0.15) is 0 Å². The van der Waals surface area contributed by atoms with E-state index in [1.807, 2.05) is 12.3 Å². The van der Waals surface area contributed by atoms with Gasteiger partial charge in [0.15, 0.2) is 0 Å². The molecule has 1 aromatic heterocycles. The Morgan fingerprint density at radius 1 is 1.59 bits per heavy atom. The summed E-state index contributed by atoms with van der Waals surface area (Å²) in [6.45, 7) is 2.10. The molecular weight excluding hydrogens is 306 g/mol. The number of thiophene rings is 1. The number of nitrogens with one attached hydrogen (secondary N) is 1. The molecule has 0 saturated heterocycles. The number of carboxylic acid groups (broad SMARTS) is 1. The molecular formula is C11H14BrNO3S. The van der Waals surface area contributed by atoms with Gasteiger partial charge in [-0.3, -0.25) is 9.59 Å². The van der Waals surface area contributed by atoms with E-state index in [4.69, 9.17) is 5.11 Å². The molecule has 1 atom stereocenters. The lowest BCUT2D eigenvalue weighted by molar-refractivity contribution is -0.141. The summed E-state index contributed by atoms with van der Waals surface area (Å²) < 4.78 is 0.857. The molecule has 0 aromatic carbocycles. The zero-order chi connectivity index (χ0) is 12.8. The predicted molar refractivity (Wildman–Crippen MR) is 70.4 cm³/mol. The summed E-state index contributed by atoms with van der Waals surface area (Å²) >= 11 is 4.59. The van der Waals surface area contributed by atoms with E-state index < -0.39 is 11.9 Å². The Morgan fingerprint density at radius 3 is 2.76 bits per heavy atom. The first-order chi connectivity index (χ1) is 8.04. The van der Waals surface area contributed by atoms with Crippen molar-refractivity contribution in [1.29, 1.82) is 0 Å². The van der Waals surface area contributed by atoms with E-state index in [9.17, 15) is 9.59 Å². The van der Waals surface area contributed by atoms with E-state index >= 15 is 0 Å². The fourth-order valence-corrected chi connectivity index (χ4v) is 2.74. The van der Waals surface area contributed by atoms with E-state index in [0.717, 1.165) is 10.9 Å². The first kappa shape index (κ1) is 14.2. The molecule has 1 aromatic rings. The molecule has 4 nitrogen and oxygen atoms in total. The van der Waals surface area contributed by atoms with Gasteiger partial charge in [0.2, 0.25) is 0 Å². The second kappa shape index (κ2) is 6.76. The first-order valence-corrected chi connectivity index (χ1v) is 6.97. The minimum Gasteiger partial charge on any atom is -0.481 e. The Balaban J connectivity index is 2.49. The maximum absolute atomic E-state index is 11.7. The van der Waals surface area contributed by atoms with E-state index in [1.165, 1.54) is 11.3 Å². The summed E-state index contributed by atoms with van der Waals surface area (Å²) in [5.74, 6) is -1.59. The Kier molecular flexibility index (Phi) is 5.64. The molecule has 6 heteroatoms. The van der Waals surface area contributed by atoms with Gasteiger partial charge in [0.05, 0.1) is 10.8 Å². The number of amides is 1. The SMILES string of the molecule is CCCC(CNC(=O)c1cc(Br)cs1)C(=O)O. The summed E-state index contributed by atoms with van der Waals surface area (Å²) in [7, 11) is 0.